The van der Waals surface area contributed by atoms with Crippen molar-refractivity contribution >= 4 is 18.3 Å². The first-order valence-electron chi connectivity index (χ1n) is 8.11. The van der Waals surface area contributed by atoms with Gasteiger partial charge in [-0.05, 0) is 30.2 Å². The first kappa shape index (κ1) is 29.6. The van der Waals surface area contributed by atoms with Crippen molar-refractivity contribution < 1.29 is 31.7 Å². The van der Waals surface area contributed by atoms with Crippen molar-refractivity contribution in [2.45, 2.75) is 63.6 Å². The predicted octanol–water partition coefficient (Wildman–Crippen LogP) is 4.07. The number of hydrogen-bond donors (Lipinski definition) is 3. The van der Waals surface area contributed by atoms with Crippen molar-refractivity contribution in [2.75, 3.05) is 12.4 Å². The Hall–Kier alpha value is -1.16. The molecule has 1 aromatic rings. The average Bonchev–Trinajstić information content (AvgIpc) is 2.46. The molecule has 1 aliphatic rings. The highest BCUT2D eigenvalue weighted by Gasteiger charge is 2.31. The molecule has 160 valence electrons. The van der Waals surface area contributed by atoms with E-state index in [4.69, 9.17) is 5.73 Å². The molecule has 7 N–H and O–H groups in total. The lowest BCUT2D eigenvalue weighted by molar-refractivity contribution is -0.274. The van der Waals surface area contributed by atoms with E-state index in [1.54, 1.807) is 13.1 Å². The van der Waals surface area contributed by atoms with E-state index in [0.29, 0.717) is 17.0 Å². The number of nitrogens with two attached hydrogens (primary N) is 1. The Labute approximate surface area is 162 Å². The van der Waals surface area contributed by atoms with E-state index in [1.165, 1.54) is 50.3 Å². The molecule has 0 radical (unpaired) electrons. The Kier molecular flexibility index (Phi) is 18.3. The van der Waals surface area contributed by atoms with Crippen molar-refractivity contribution in [1.82, 2.24) is 0 Å². The first-order valence-corrected chi connectivity index (χ1v) is 8.63. The topological polar surface area (TPSA) is 110 Å². The van der Waals surface area contributed by atoms with Gasteiger partial charge in [-0.1, -0.05) is 39.2 Å². The van der Waals surface area contributed by atoms with Crippen molar-refractivity contribution in [1.29, 1.82) is 0 Å². The van der Waals surface area contributed by atoms with Crippen LogP contribution in [-0.4, -0.2) is 35.7 Å². The van der Waals surface area contributed by atoms with Crippen LogP contribution in [0.1, 0.15) is 48.8 Å². The van der Waals surface area contributed by atoms with Gasteiger partial charge >= 0.3 is 6.36 Å². The summed E-state index contributed by atoms with van der Waals surface area (Å²) in [5.74, 6) is -0.223. The van der Waals surface area contributed by atoms with Gasteiger partial charge in [0.15, 0.2) is 0 Å². The standard InChI is InChI=1S/C8H8F3NO.C6H13N.C3H8S.2H2O.2H2/c1-12-6-3-2-4-7(5-6)13-8(9,10)11;7-6-4-2-1-3-5-6;1-3(2)4;;;;/h2-5,12H,1H3;6H,1-5,7H2;3-4H,1-2H3;2*1H2;2*1H. The highest BCUT2D eigenvalue weighted by molar-refractivity contribution is 7.80. The van der Waals surface area contributed by atoms with E-state index in [2.05, 4.69) is 22.7 Å². The summed E-state index contributed by atoms with van der Waals surface area (Å²) in [7, 11) is 1.62. The van der Waals surface area contributed by atoms with Crippen LogP contribution in [0.3, 0.4) is 0 Å². The molecule has 0 atom stereocenters. The van der Waals surface area contributed by atoms with Gasteiger partial charge in [0.05, 0.1) is 0 Å². The zero-order valence-corrected chi connectivity index (χ0v) is 16.5. The Morgan fingerprint density at radius 3 is 2.04 bits per heavy atom. The van der Waals surface area contributed by atoms with Gasteiger partial charge in [0.2, 0.25) is 0 Å². The van der Waals surface area contributed by atoms with Crippen molar-refractivity contribution in [2.24, 2.45) is 5.73 Å². The monoisotopic (exact) mass is 406 g/mol. The minimum absolute atomic E-state index is 0. The zero-order chi connectivity index (χ0) is 18.6. The lowest BCUT2D eigenvalue weighted by atomic mass is 9.97. The number of benzene rings is 1. The van der Waals surface area contributed by atoms with Crippen LogP contribution in [0.4, 0.5) is 18.9 Å². The van der Waals surface area contributed by atoms with Gasteiger partial charge < -0.3 is 26.7 Å². The lowest BCUT2D eigenvalue weighted by Crippen LogP contribution is -2.22. The highest BCUT2D eigenvalue weighted by atomic mass is 32.1. The third kappa shape index (κ3) is 19.2. The molecule has 1 aromatic carbocycles. The summed E-state index contributed by atoms with van der Waals surface area (Å²) in [5, 5.41) is 3.23. The van der Waals surface area contributed by atoms with Crippen molar-refractivity contribution in [3.63, 3.8) is 0 Å². The smallest absolute Gasteiger partial charge is 0.412 e. The quantitative estimate of drug-likeness (QED) is 0.644. The number of anilines is 1. The average molecular weight is 407 g/mol. The fourth-order valence-corrected chi connectivity index (χ4v) is 1.98. The molecule has 0 unspecified atom stereocenters. The van der Waals surface area contributed by atoms with Gasteiger partial charge in [-0.15, -0.1) is 13.2 Å². The van der Waals surface area contributed by atoms with Crippen LogP contribution in [0.2, 0.25) is 0 Å². The Morgan fingerprint density at radius 1 is 1.19 bits per heavy atom. The molecule has 1 saturated carbocycles. The molecule has 0 heterocycles. The number of halogens is 3. The summed E-state index contributed by atoms with van der Waals surface area (Å²) in [5.41, 5.74) is 6.21. The normalized spacial score (nSPS) is 13.7. The number of nitrogens with one attached hydrogen (secondary N) is 1. The van der Waals surface area contributed by atoms with E-state index in [9.17, 15) is 13.2 Å². The number of alkyl halides is 3. The molecule has 2 rings (SSSR count). The summed E-state index contributed by atoms with van der Waals surface area (Å²) in [4.78, 5) is 0. The van der Waals surface area contributed by atoms with E-state index in [0.717, 1.165) is 0 Å². The maximum Gasteiger partial charge on any atom is 0.573 e. The second kappa shape index (κ2) is 16.0. The molecule has 0 aromatic heterocycles. The van der Waals surface area contributed by atoms with Crippen LogP contribution in [0.5, 0.6) is 5.75 Å². The van der Waals surface area contributed by atoms with Gasteiger partial charge in [-0.3, -0.25) is 0 Å². The maximum atomic E-state index is 11.7. The van der Waals surface area contributed by atoms with Gasteiger partial charge in [0.25, 0.3) is 0 Å². The fourth-order valence-electron chi connectivity index (χ4n) is 1.98. The van der Waals surface area contributed by atoms with Gasteiger partial charge in [0.1, 0.15) is 5.75 Å². The molecule has 1 fully saturated rings. The molecule has 1 aliphatic carbocycles. The second-order valence-electron chi connectivity index (χ2n) is 5.82. The third-order valence-electron chi connectivity index (χ3n) is 3.01. The molecule has 0 bridgehead atoms. The van der Waals surface area contributed by atoms with Crippen LogP contribution >= 0.6 is 12.6 Å². The summed E-state index contributed by atoms with van der Waals surface area (Å²) in [6.45, 7) is 4.06. The summed E-state index contributed by atoms with van der Waals surface area (Å²) < 4.78 is 38.9. The molecule has 5 nitrogen and oxygen atoms in total. The second-order valence-corrected chi connectivity index (χ2v) is 6.85. The van der Waals surface area contributed by atoms with E-state index in [-0.39, 0.29) is 19.6 Å². The van der Waals surface area contributed by atoms with Crippen LogP contribution < -0.4 is 15.8 Å². The van der Waals surface area contributed by atoms with Gasteiger partial charge in [-0.2, -0.15) is 12.6 Å². The Morgan fingerprint density at radius 2 is 1.69 bits per heavy atom. The fraction of sp³-hybridized carbons (Fsp3) is 0.647. The molecule has 0 spiro atoms. The third-order valence-corrected chi connectivity index (χ3v) is 3.01. The zero-order valence-electron chi connectivity index (χ0n) is 15.6. The minimum Gasteiger partial charge on any atom is -0.412 e. The predicted molar refractivity (Wildman–Crippen MR) is 109 cm³/mol. The minimum atomic E-state index is -4.63. The number of rotatable bonds is 2. The van der Waals surface area contributed by atoms with E-state index < -0.39 is 6.36 Å². The molecule has 9 heteroatoms. The van der Waals surface area contributed by atoms with Gasteiger partial charge in [-0.25, -0.2) is 0 Å². The lowest BCUT2D eigenvalue weighted by Gasteiger charge is -2.15. The Bertz CT molecular complexity index is 451. The van der Waals surface area contributed by atoms with E-state index in [1.807, 2.05) is 13.8 Å². The number of thiol groups is 1. The highest BCUT2D eigenvalue weighted by Crippen LogP contribution is 2.24. The van der Waals surface area contributed by atoms with Crippen LogP contribution in [0.15, 0.2) is 24.3 Å². The Balaban J connectivity index is -0.000000102. The summed E-state index contributed by atoms with van der Waals surface area (Å²) in [6, 6.07) is 6.17. The SMILES string of the molecule is CC(C)S.CNc1cccc(OC(F)(F)F)c1.NC1CCCCC1.O.O.[HH].[HH]. The summed E-state index contributed by atoms with van der Waals surface area (Å²) in [6.07, 6.45) is 2.03. The van der Waals surface area contributed by atoms with Crippen LogP contribution in [0.25, 0.3) is 0 Å². The molecule has 26 heavy (non-hydrogen) atoms. The van der Waals surface area contributed by atoms with Crippen molar-refractivity contribution in [3.05, 3.63) is 24.3 Å². The molecule has 0 amide bonds. The maximum absolute atomic E-state index is 11.7. The summed E-state index contributed by atoms with van der Waals surface area (Å²) >= 11 is 3.97. The molecular weight excluding hydrogens is 369 g/mol. The first-order chi connectivity index (χ1) is 11.1. The molecule has 0 saturated heterocycles. The van der Waals surface area contributed by atoms with Gasteiger partial charge in [0, 0.05) is 27.7 Å². The molecular formula is C17H37F3N2O3S. The number of hydrogen-bond acceptors (Lipinski definition) is 4. The van der Waals surface area contributed by atoms with Crippen LogP contribution in [0, 0.1) is 0 Å². The van der Waals surface area contributed by atoms with Crippen molar-refractivity contribution in [3.8, 4) is 5.75 Å². The van der Waals surface area contributed by atoms with E-state index >= 15 is 0 Å². The van der Waals surface area contributed by atoms with Crippen LogP contribution in [-0.2, 0) is 0 Å². The number of ether oxygens (including phenoxy) is 1. The largest absolute Gasteiger partial charge is 0.573 e. The molecule has 0 aliphatic heterocycles.